The van der Waals surface area contributed by atoms with E-state index in [9.17, 15) is 4.79 Å². The van der Waals surface area contributed by atoms with Gasteiger partial charge in [-0.3, -0.25) is 4.79 Å². The Balaban J connectivity index is 2.22. The molecule has 0 unspecified atom stereocenters. The second kappa shape index (κ2) is 3.91. The normalized spacial score (nSPS) is 14.3. The number of alkyl halides is 1. The monoisotopic (exact) mass is 273 g/mol. The Labute approximate surface area is 96.0 Å². The molecule has 1 heterocycles. The first-order valence-corrected chi connectivity index (χ1v) is 5.64. The molecule has 1 amide bonds. The highest BCUT2D eigenvalue weighted by atomic mass is 79.9. The van der Waals surface area contributed by atoms with Gasteiger partial charge in [0.15, 0.2) is 0 Å². The van der Waals surface area contributed by atoms with E-state index >= 15 is 0 Å². The van der Waals surface area contributed by atoms with Crippen LogP contribution in [0.1, 0.15) is 11.1 Å². The summed E-state index contributed by atoms with van der Waals surface area (Å²) in [6.45, 7) is 1.37. The van der Waals surface area contributed by atoms with Crippen LogP contribution in [-0.4, -0.2) is 16.7 Å². The van der Waals surface area contributed by atoms with Crippen molar-refractivity contribution < 1.29 is 4.79 Å². The quantitative estimate of drug-likeness (QED) is 0.721. The maximum absolute atomic E-state index is 11.3. The lowest BCUT2D eigenvalue weighted by Crippen LogP contribution is -2.26. The Morgan fingerprint density at radius 3 is 2.86 bits per heavy atom. The number of nitrogens with zero attached hydrogens (tertiary/aromatic N) is 1. The van der Waals surface area contributed by atoms with Crippen molar-refractivity contribution in [2.24, 2.45) is 0 Å². The van der Waals surface area contributed by atoms with Crippen LogP contribution in [0.3, 0.4) is 0 Å². The van der Waals surface area contributed by atoms with Gasteiger partial charge in [0, 0.05) is 17.6 Å². The van der Waals surface area contributed by atoms with Crippen LogP contribution in [0.2, 0.25) is 0 Å². The van der Waals surface area contributed by atoms with Gasteiger partial charge in [-0.25, -0.2) is 0 Å². The Bertz CT molecular complexity index is 380. The Kier molecular flexibility index (Phi) is 2.79. The molecule has 0 atom stereocenters. The number of amides is 1. The summed E-state index contributed by atoms with van der Waals surface area (Å²) < 4.78 is 1.05. The highest BCUT2D eigenvalue weighted by Crippen LogP contribution is 2.25. The first kappa shape index (κ1) is 9.99. The molecule has 1 aliphatic rings. The van der Waals surface area contributed by atoms with Gasteiger partial charge in [0.1, 0.15) is 5.88 Å². The van der Waals surface area contributed by atoms with Crippen LogP contribution in [0.25, 0.3) is 0 Å². The van der Waals surface area contributed by atoms with Crippen molar-refractivity contribution in [2.45, 2.75) is 13.1 Å². The molecule has 1 aromatic carbocycles. The van der Waals surface area contributed by atoms with Gasteiger partial charge in [-0.05, 0) is 23.3 Å². The number of halogens is 2. The fourth-order valence-electron chi connectivity index (χ4n) is 1.62. The van der Waals surface area contributed by atoms with Crippen molar-refractivity contribution in [1.82, 2.24) is 4.90 Å². The molecule has 0 N–H and O–H groups in total. The fourth-order valence-corrected chi connectivity index (χ4v) is 2.20. The molecule has 0 spiro atoms. The lowest BCUT2D eigenvalue weighted by molar-refractivity contribution is -0.129. The van der Waals surface area contributed by atoms with Crippen molar-refractivity contribution in [3.8, 4) is 0 Å². The van der Waals surface area contributed by atoms with Crippen LogP contribution >= 0.6 is 27.5 Å². The Morgan fingerprint density at radius 2 is 2.14 bits per heavy atom. The predicted molar refractivity (Wildman–Crippen MR) is 59.1 cm³/mol. The van der Waals surface area contributed by atoms with Gasteiger partial charge in [0.05, 0.1) is 0 Å². The average Bonchev–Trinajstić information content (AvgIpc) is 2.59. The minimum Gasteiger partial charge on any atom is -0.333 e. The molecule has 14 heavy (non-hydrogen) atoms. The lowest BCUT2D eigenvalue weighted by Gasteiger charge is -2.12. The fraction of sp³-hybridized carbons (Fsp3) is 0.300. The van der Waals surface area contributed by atoms with Gasteiger partial charge < -0.3 is 4.90 Å². The second-order valence-electron chi connectivity index (χ2n) is 3.30. The van der Waals surface area contributed by atoms with E-state index in [4.69, 9.17) is 11.6 Å². The Morgan fingerprint density at radius 1 is 1.43 bits per heavy atom. The van der Waals surface area contributed by atoms with E-state index in [0.717, 1.165) is 4.47 Å². The molecule has 74 valence electrons. The molecular formula is C10H9BrClNO. The standard InChI is InChI=1S/C10H9BrClNO/c11-9-2-1-7-5-13(10(14)4-12)6-8(7)3-9/h1-3H,4-6H2. The molecule has 1 aliphatic heterocycles. The Hall–Kier alpha value is -0.540. The van der Waals surface area contributed by atoms with Crippen LogP contribution in [-0.2, 0) is 17.9 Å². The van der Waals surface area contributed by atoms with Gasteiger partial charge in [0.2, 0.25) is 5.91 Å². The zero-order valence-corrected chi connectivity index (χ0v) is 9.81. The molecular weight excluding hydrogens is 265 g/mol. The van der Waals surface area contributed by atoms with E-state index in [-0.39, 0.29) is 11.8 Å². The number of benzene rings is 1. The molecule has 0 bridgehead atoms. The van der Waals surface area contributed by atoms with Gasteiger partial charge >= 0.3 is 0 Å². The number of carbonyl (C=O) groups excluding carboxylic acids is 1. The summed E-state index contributed by atoms with van der Waals surface area (Å²) in [6, 6.07) is 6.09. The SMILES string of the molecule is O=C(CCl)N1Cc2ccc(Br)cc2C1. The van der Waals surface area contributed by atoms with Crippen molar-refractivity contribution in [1.29, 1.82) is 0 Å². The maximum Gasteiger partial charge on any atom is 0.238 e. The first-order valence-electron chi connectivity index (χ1n) is 4.32. The van der Waals surface area contributed by atoms with Crippen molar-refractivity contribution in [3.63, 3.8) is 0 Å². The van der Waals surface area contributed by atoms with E-state index in [0.29, 0.717) is 13.1 Å². The smallest absolute Gasteiger partial charge is 0.238 e. The average molecular weight is 275 g/mol. The van der Waals surface area contributed by atoms with E-state index in [2.05, 4.69) is 22.0 Å². The molecule has 4 heteroatoms. The molecule has 0 aliphatic carbocycles. The summed E-state index contributed by atoms with van der Waals surface area (Å²) in [5.74, 6) is 0.0637. The summed E-state index contributed by atoms with van der Waals surface area (Å²) in [4.78, 5) is 13.1. The highest BCUT2D eigenvalue weighted by Gasteiger charge is 2.22. The molecule has 0 saturated heterocycles. The summed E-state index contributed by atoms with van der Waals surface area (Å²) >= 11 is 8.92. The minimum atomic E-state index is -0.000936. The summed E-state index contributed by atoms with van der Waals surface area (Å²) in [7, 11) is 0. The topological polar surface area (TPSA) is 20.3 Å². The van der Waals surface area contributed by atoms with Crippen molar-refractivity contribution in [2.75, 3.05) is 5.88 Å². The summed E-state index contributed by atoms with van der Waals surface area (Å²) in [5.41, 5.74) is 2.42. The van der Waals surface area contributed by atoms with E-state index in [1.165, 1.54) is 11.1 Å². The summed E-state index contributed by atoms with van der Waals surface area (Å²) in [5, 5.41) is 0. The van der Waals surface area contributed by atoms with Crippen LogP contribution in [0, 0.1) is 0 Å². The molecule has 1 aromatic rings. The van der Waals surface area contributed by atoms with Gasteiger partial charge in [-0.2, -0.15) is 0 Å². The largest absolute Gasteiger partial charge is 0.333 e. The summed E-state index contributed by atoms with van der Waals surface area (Å²) in [6.07, 6.45) is 0. The number of rotatable bonds is 1. The number of hydrogen-bond donors (Lipinski definition) is 0. The third kappa shape index (κ3) is 1.79. The third-order valence-corrected chi connectivity index (χ3v) is 3.08. The maximum atomic E-state index is 11.3. The van der Waals surface area contributed by atoms with E-state index < -0.39 is 0 Å². The molecule has 0 saturated carbocycles. The van der Waals surface area contributed by atoms with Crippen molar-refractivity contribution in [3.05, 3.63) is 33.8 Å². The number of hydrogen-bond acceptors (Lipinski definition) is 1. The van der Waals surface area contributed by atoms with E-state index in [1.54, 1.807) is 4.90 Å². The second-order valence-corrected chi connectivity index (χ2v) is 4.48. The molecule has 0 fully saturated rings. The minimum absolute atomic E-state index is 0.000936. The molecule has 2 rings (SSSR count). The van der Waals surface area contributed by atoms with Crippen LogP contribution in [0.15, 0.2) is 22.7 Å². The first-order chi connectivity index (χ1) is 6.70. The molecule has 0 aromatic heterocycles. The number of fused-ring (bicyclic) bond motifs is 1. The van der Waals surface area contributed by atoms with Crippen LogP contribution in [0.4, 0.5) is 0 Å². The zero-order chi connectivity index (χ0) is 10.1. The van der Waals surface area contributed by atoms with Gasteiger partial charge in [-0.1, -0.05) is 22.0 Å². The third-order valence-electron chi connectivity index (χ3n) is 2.36. The van der Waals surface area contributed by atoms with Gasteiger partial charge in [0.25, 0.3) is 0 Å². The predicted octanol–water partition coefficient (Wildman–Crippen LogP) is 2.53. The zero-order valence-electron chi connectivity index (χ0n) is 7.46. The van der Waals surface area contributed by atoms with Gasteiger partial charge in [-0.15, -0.1) is 11.6 Å². The van der Waals surface area contributed by atoms with Crippen LogP contribution in [0.5, 0.6) is 0 Å². The van der Waals surface area contributed by atoms with E-state index in [1.807, 2.05) is 12.1 Å². The molecule has 2 nitrogen and oxygen atoms in total. The number of carbonyl (C=O) groups is 1. The van der Waals surface area contributed by atoms with Crippen molar-refractivity contribution >= 4 is 33.4 Å². The highest BCUT2D eigenvalue weighted by molar-refractivity contribution is 9.10. The molecule has 0 radical (unpaired) electrons. The van der Waals surface area contributed by atoms with Crippen LogP contribution < -0.4 is 0 Å². The lowest BCUT2D eigenvalue weighted by atomic mass is 10.1.